The van der Waals surface area contributed by atoms with Crippen molar-refractivity contribution >= 4 is 11.3 Å². The third-order valence-corrected chi connectivity index (χ3v) is 2.61. The van der Waals surface area contributed by atoms with E-state index in [9.17, 15) is 0 Å². The molecule has 3 nitrogen and oxygen atoms in total. The van der Waals surface area contributed by atoms with Gasteiger partial charge in [-0.15, -0.1) is 11.3 Å². The van der Waals surface area contributed by atoms with Crippen LogP contribution in [0.2, 0.25) is 0 Å². The molecule has 1 aromatic rings. The maximum absolute atomic E-state index is 8.57. The Balaban J connectivity index is 2.15. The van der Waals surface area contributed by atoms with Crippen molar-refractivity contribution < 1.29 is 5.11 Å². The van der Waals surface area contributed by atoms with Crippen molar-refractivity contribution in [3.05, 3.63) is 16.6 Å². The molecule has 1 atom stereocenters. The predicted molar refractivity (Wildman–Crippen MR) is 54.6 cm³/mol. The molecule has 0 amide bonds. The summed E-state index contributed by atoms with van der Waals surface area (Å²) >= 11 is 1.58. The minimum absolute atomic E-state index is 0.0740. The summed E-state index contributed by atoms with van der Waals surface area (Å²) < 4.78 is 0. The van der Waals surface area contributed by atoms with Gasteiger partial charge in [-0.1, -0.05) is 12.8 Å². The molecule has 0 radical (unpaired) electrons. The molecular formula is C9H16N2OS. The molecule has 1 heterocycles. The largest absolute Gasteiger partial charge is 0.396 e. The number of hydrogen-bond acceptors (Lipinski definition) is 4. The van der Waals surface area contributed by atoms with Gasteiger partial charge in [0.05, 0.1) is 11.2 Å². The molecule has 0 saturated heterocycles. The molecule has 4 heteroatoms. The highest BCUT2D eigenvalue weighted by atomic mass is 32.1. The minimum Gasteiger partial charge on any atom is -0.396 e. The Morgan fingerprint density at radius 1 is 1.46 bits per heavy atom. The Labute approximate surface area is 82.6 Å². The highest BCUT2D eigenvalue weighted by Crippen LogP contribution is 2.16. The molecule has 0 fully saturated rings. The first kappa shape index (κ1) is 10.6. The Bertz CT molecular complexity index is 213. The van der Waals surface area contributed by atoms with Gasteiger partial charge in [0.25, 0.3) is 0 Å². The second-order valence-corrected chi connectivity index (χ2v) is 3.81. The van der Waals surface area contributed by atoms with Crippen molar-refractivity contribution in [1.29, 1.82) is 0 Å². The molecule has 13 heavy (non-hydrogen) atoms. The summed E-state index contributed by atoms with van der Waals surface area (Å²) in [4.78, 5) is 4.16. The fourth-order valence-corrected chi connectivity index (χ4v) is 1.82. The van der Waals surface area contributed by atoms with Crippen LogP contribution in [0.25, 0.3) is 0 Å². The smallest absolute Gasteiger partial charge is 0.0795 e. The van der Waals surface area contributed by atoms with Gasteiger partial charge in [0, 0.05) is 18.0 Å². The number of rotatable bonds is 6. The molecule has 0 bridgehead atoms. The fourth-order valence-electron chi connectivity index (χ4n) is 1.21. The molecular weight excluding hydrogens is 184 g/mol. The van der Waals surface area contributed by atoms with Crippen LogP contribution in [0.4, 0.5) is 0 Å². The number of unbranched alkanes of at least 4 members (excludes halogenated alkanes) is 2. The summed E-state index contributed by atoms with van der Waals surface area (Å²) in [5, 5.41) is 10.6. The lowest BCUT2D eigenvalue weighted by atomic mass is 10.1. The monoisotopic (exact) mass is 200 g/mol. The number of aromatic nitrogens is 1. The molecule has 3 N–H and O–H groups in total. The van der Waals surface area contributed by atoms with Gasteiger partial charge in [-0.05, 0) is 12.8 Å². The second kappa shape index (κ2) is 6.07. The van der Waals surface area contributed by atoms with E-state index < -0.39 is 0 Å². The molecule has 0 aliphatic carbocycles. The number of hydrogen-bond donors (Lipinski definition) is 2. The summed E-state index contributed by atoms with van der Waals surface area (Å²) in [6, 6.07) is 0.0740. The number of nitrogens with two attached hydrogens (primary N) is 1. The Kier molecular flexibility index (Phi) is 4.97. The van der Waals surface area contributed by atoms with Crippen molar-refractivity contribution in [1.82, 2.24) is 4.98 Å². The topological polar surface area (TPSA) is 59.1 Å². The van der Waals surface area contributed by atoms with E-state index in [-0.39, 0.29) is 12.6 Å². The molecule has 0 aromatic carbocycles. The molecule has 1 unspecified atom stereocenters. The van der Waals surface area contributed by atoms with Crippen molar-refractivity contribution in [2.45, 2.75) is 31.7 Å². The number of nitrogens with zero attached hydrogens (tertiary/aromatic N) is 1. The maximum atomic E-state index is 8.57. The van der Waals surface area contributed by atoms with E-state index in [1.807, 2.05) is 10.9 Å². The van der Waals surface area contributed by atoms with E-state index >= 15 is 0 Å². The minimum atomic E-state index is 0.0740. The van der Waals surface area contributed by atoms with Gasteiger partial charge in [-0.25, -0.2) is 4.98 Å². The summed E-state index contributed by atoms with van der Waals surface area (Å²) in [6.45, 7) is 0.284. The van der Waals surface area contributed by atoms with E-state index in [1.165, 1.54) is 0 Å². The summed E-state index contributed by atoms with van der Waals surface area (Å²) in [5.41, 5.74) is 8.71. The summed E-state index contributed by atoms with van der Waals surface area (Å²) in [5.74, 6) is 0. The molecule has 0 aliphatic rings. The van der Waals surface area contributed by atoms with Crippen LogP contribution >= 0.6 is 11.3 Å². The first-order chi connectivity index (χ1) is 6.34. The lowest BCUT2D eigenvalue weighted by Gasteiger charge is -2.07. The molecule has 1 rings (SSSR count). The first-order valence-corrected chi connectivity index (χ1v) is 5.53. The average Bonchev–Trinajstić information content (AvgIpc) is 2.65. The average molecular weight is 200 g/mol. The Hall–Kier alpha value is -0.450. The zero-order valence-corrected chi connectivity index (χ0v) is 8.46. The fraction of sp³-hybridized carbons (Fsp3) is 0.667. The van der Waals surface area contributed by atoms with Crippen LogP contribution in [0.1, 0.15) is 37.4 Å². The molecule has 74 valence electrons. The van der Waals surface area contributed by atoms with Crippen LogP contribution in [0.3, 0.4) is 0 Å². The quantitative estimate of drug-likeness (QED) is 0.687. The number of aliphatic hydroxyl groups excluding tert-OH is 1. The van der Waals surface area contributed by atoms with E-state index in [0.29, 0.717) is 0 Å². The Morgan fingerprint density at radius 2 is 2.31 bits per heavy atom. The van der Waals surface area contributed by atoms with Crippen LogP contribution in [-0.4, -0.2) is 16.7 Å². The standard InChI is InChI=1S/C9H16N2OS/c10-8(4-2-1-3-5-12)9-6-13-7-11-9/h6-8,12H,1-5,10H2. The maximum Gasteiger partial charge on any atom is 0.0795 e. The third kappa shape index (κ3) is 3.85. The number of aliphatic hydroxyl groups is 1. The van der Waals surface area contributed by atoms with E-state index in [4.69, 9.17) is 10.8 Å². The molecule has 0 spiro atoms. The van der Waals surface area contributed by atoms with Crippen molar-refractivity contribution in [2.24, 2.45) is 5.73 Å². The van der Waals surface area contributed by atoms with Crippen LogP contribution < -0.4 is 5.73 Å². The molecule has 0 aliphatic heterocycles. The third-order valence-electron chi connectivity index (χ3n) is 2.00. The highest BCUT2D eigenvalue weighted by molar-refractivity contribution is 7.07. The van der Waals surface area contributed by atoms with Gasteiger partial charge in [0.1, 0.15) is 0 Å². The van der Waals surface area contributed by atoms with Crippen LogP contribution in [0.5, 0.6) is 0 Å². The van der Waals surface area contributed by atoms with Crippen molar-refractivity contribution in [3.8, 4) is 0 Å². The second-order valence-electron chi connectivity index (χ2n) is 3.09. The zero-order valence-electron chi connectivity index (χ0n) is 7.65. The van der Waals surface area contributed by atoms with Crippen LogP contribution in [-0.2, 0) is 0 Å². The van der Waals surface area contributed by atoms with Gasteiger partial charge in [-0.2, -0.15) is 0 Å². The van der Waals surface area contributed by atoms with Gasteiger partial charge in [0.15, 0.2) is 0 Å². The predicted octanol–water partition coefficient (Wildman–Crippen LogP) is 1.70. The highest BCUT2D eigenvalue weighted by Gasteiger charge is 2.06. The SMILES string of the molecule is NC(CCCCCO)c1cscn1. The molecule has 0 saturated carbocycles. The van der Waals surface area contributed by atoms with Crippen molar-refractivity contribution in [2.75, 3.05) is 6.61 Å². The summed E-state index contributed by atoms with van der Waals surface area (Å²) in [6.07, 6.45) is 3.96. The summed E-state index contributed by atoms with van der Waals surface area (Å²) in [7, 11) is 0. The van der Waals surface area contributed by atoms with Crippen LogP contribution in [0, 0.1) is 0 Å². The van der Waals surface area contributed by atoms with Gasteiger partial charge >= 0.3 is 0 Å². The zero-order chi connectivity index (χ0) is 9.52. The lowest BCUT2D eigenvalue weighted by Crippen LogP contribution is -2.10. The Morgan fingerprint density at radius 3 is 2.92 bits per heavy atom. The number of thiazole rings is 1. The first-order valence-electron chi connectivity index (χ1n) is 4.59. The molecule has 1 aromatic heterocycles. The van der Waals surface area contributed by atoms with Gasteiger partial charge in [0.2, 0.25) is 0 Å². The van der Waals surface area contributed by atoms with E-state index in [1.54, 1.807) is 11.3 Å². The normalized spacial score (nSPS) is 13.1. The van der Waals surface area contributed by atoms with Crippen LogP contribution in [0.15, 0.2) is 10.9 Å². The van der Waals surface area contributed by atoms with E-state index in [0.717, 1.165) is 31.4 Å². The van der Waals surface area contributed by atoms with Gasteiger partial charge in [-0.3, -0.25) is 0 Å². The van der Waals surface area contributed by atoms with Gasteiger partial charge < -0.3 is 10.8 Å². The lowest BCUT2D eigenvalue weighted by molar-refractivity contribution is 0.282. The van der Waals surface area contributed by atoms with E-state index in [2.05, 4.69) is 4.98 Å². The van der Waals surface area contributed by atoms with Crippen molar-refractivity contribution in [3.63, 3.8) is 0 Å².